The molecule has 0 aliphatic carbocycles. The zero-order valence-electron chi connectivity index (χ0n) is 10.6. The highest BCUT2D eigenvalue weighted by Gasteiger charge is 2.12. The van der Waals surface area contributed by atoms with Crippen molar-refractivity contribution in [2.24, 2.45) is 5.73 Å². The van der Waals surface area contributed by atoms with Gasteiger partial charge < -0.3 is 25.7 Å². The number of anilines is 1. The van der Waals surface area contributed by atoms with Crippen LogP contribution in [0.15, 0.2) is 12.1 Å². The lowest BCUT2D eigenvalue weighted by Gasteiger charge is -2.10. The van der Waals surface area contributed by atoms with E-state index in [9.17, 15) is 9.18 Å². The molecular formula is C12H17FN2O4. The Morgan fingerprint density at radius 3 is 2.58 bits per heavy atom. The molecule has 4 N–H and O–H groups in total. The number of hydrogen-bond donors (Lipinski definition) is 2. The van der Waals surface area contributed by atoms with Gasteiger partial charge in [-0.05, 0) is 6.07 Å². The van der Waals surface area contributed by atoms with E-state index < -0.39 is 11.7 Å². The molecule has 1 rings (SSSR count). The van der Waals surface area contributed by atoms with E-state index in [1.165, 1.54) is 6.07 Å². The number of carbonyl (C=O) groups excluding carboxylic acids is 1. The number of halogens is 1. The molecule has 0 aliphatic heterocycles. The van der Waals surface area contributed by atoms with Crippen molar-refractivity contribution in [3.05, 3.63) is 23.5 Å². The number of ether oxygens (including phenoxy) is 3. The first-order chi connectivity index (χ1) is 9.06. The summed E-state index contributed by atoms with van der Waals surface area (Å²) in [5, 5.41) is 0. The third-order valence-electron chi connectivity index (χ3n) is 2.29. The maximum Gasteiger partial charge on any atom is 0.250 e. The van der Waals surface area contributed by atoms with Gasteiger partial charge in [-0.15, -0.1) is 0 Å². The van der Waals surface area contributed by atoms with Gasteiger partial charge >= 0.3 is 0 Å². The molecule has 0 heterocycles. The minimum atomic E-state index is -0.737. The van der Waals surface area contributed by atoms with E-state index >= 15 is 0 Å². The molecule has 0 unspecified atom stereocenters. The van der Waals surface area contributed by atoms with Gasteiger partial charge in [0.15, 0.2) is 11.6 Å². The van der Waals surface area contributed by atoms with E-state index in [4.69, 9.17) is 25.7 Å². The average Bonchev–Trinajstić information content (AvgIpc) is 2.35. The summed E-state index contributed by atoms with van der Waals surface area (Å²) in [6.07, 6.45) is 0. The van der Waals surface area contributed by atoms with Crippen molar-refractivity contribution in [1.29, 1.82) is 0 Å². The highest BCUT2D eigenvalue weighted by Crippen LogP contribution is 2.23. The fourth-order valence-electron chi connectivity index (χ4n) is 1.35. The van der Waals surface area contributed by atoms with Crippen LogP contribution in [0.3, 0.4) is 0 Å². The van der Waals surface area contributed by atoms with Crippen molar-refractivity contribution in [3.63, 3.8) is 0 Å². The maximum absolute atomic E-state index is 13.5. The van der Waals surface area contributed by atoms with Crippen LogP contribution in [0.4, 0.5) is 10.1 Å². The largest absolute Gasteiger partial charge is 0.488 e. The minimum Gasteiger partial charge on any atom is -0.488 e. The lowest BCUT2D eigenvalue weighted by Crippen LogP contribution is -2.15. The third kappa shape index (κ3) is 4.72. The summed E-state index contributed by atoms with van der Waals surface area (Å²) in [7, 11) is 1.56. The summed E-state index contributed by atoms with van der Waals surface area (Å²) >= 11 is 0. The third-order valence-corrected chi connectivity index (χ3v) is 2.29. The average molecular weight is 272 g/mol. The van der Waals surface area contributed by atoms with Crippen LogP contribution in [0.25, 0.3) is 0 Å². The van der Waals surface area contributed by atoms with Crippen molar-refractivity contribution in [2.75, 3.05) is 39.3 Å². The van der Waals surface area contributed by atoms with Gasteiger partial charge in [-0.2, -0.15) is 0 Å². The molecule has 0 saturated heterocycles. The molecule has 1 aromatic rings. The highest BCUT2D eigenvalue weighted by molar-refractivity contribution is 5.98. The van der Waals surface area contributed by atoms with Gasteiger partial charge in [0.2, 0.25) is 0 Å². The molecule has 0 radical (unpaired) electrons. The summed E-state index contributed by atoms with van der Waals surface area (Å²) in [4.78, 5) is 11.1. The van der Waals surface area contributed by atoms with Crippen LogP contribution in [0.2, 0.25) is 0 Å². The monoisotopic (exact) mass is 272 g/mol. The molecule has 0 aromatic heterocycles. The van der Waals surface area contributed by atoms with Crippen LogP contribution >= 0.6 is 0 Å². The summed E-state index contributed by atoms with van der Waals surface area (Å²) in [5.74, 6) is -1.48. The van der Waals surface area contributed by atoms with Crippen LogP contribution in [-0.4, -0.2) is 39.4 Å². The molecule has 19 heavy (non-hydrogen) atoms. The van der Waals surface area contributed by atoms with Gasteiger partial charge in [-0.3, -0.25) is 4.79 Å². The Morgan fingerprint density at radius 2 is 1.95 bits per heavy atom. The van der Waals surface area contributed by atoms with Gasteiger partial charge in [0.25, 0.3) is 5.91 Å². The summed E-state index contributed by atoms with van der Waals surface area (Å²) in [6, 6.07) is 2.18. The Bertz CT molecular complexity index is 440. The molecule has 0 fully saturated rings. The molecule has 0 atom stereocenters. The smallest absolute Gasteiger partial charge is 0.250 e. The van der Waals surface area contributed by atoms with Crippen molar-refractivity contribution < 1.29 is 23.4 Å². The SMILES string of the molecule is COCCOCCOc1cc(C(N)=O)c(N)cc1F. The van der Waals surface area contributed by atoms with Crippen LogP contribution < -0.4 is 16.2 Å². The van der Waals surface area contributed by atoms with Crippen LogP contribution in [0, 0.1) is 5.82 Å². The van der Waals surface area contributed by atoms with E-state index in [-0.39, 0.29) is 30.2 Å². The van der Waals surface area contributed by atoms with Crippen molar-refractivity contribution in [2.45, 2.75) is 0 Å². The number of primary amides is 1. The van der Waals surface area contributed by atoms with Crippen molar-refractivity contribution in [1.82, 2.24) is 0 Å². The van der Waals surface area contributed by atoms with Gasteiger partial charge in [0.1, 0.15) is 6.61 Å². The summed E-state index contributed by atoms with van der Waals surface area (Å²) in [5.41, 5.74) is 10.6. The first kappa shape index (κ1) is 15.2. The lowest BCUT2D eigenvalue weighted by molar-refractivity contribution is 0.0538. The van der Waals surface area contributed by atoms with E-state index in [2.05, 4.69) is 0 Å². The van der Waals surface area contributed by atoms with Gasteiger partial charge in [0, 0.05) is 18.9 Å². The van der Waals surface area contributed by atoms with Crippen LogP contribution in [-0.2, 0) is 9.47 Å². The molecule has 0 aliphatic rings. The second-order valence-electron chi connectivity index (χ2n) is 3.69. The van der Waals surface area contributed by atoms with Crippen molar-refractivity contribution >= 4 is 11.6 Å². The van der Waals surface area contributed by atoms with E-state index in [1.807, 2.05) is 0 Å². The molecule has 1 amide bonds. The van der Waals surface area contributed by atoms with E-state index in [1.54, 1.807) is 7.11 Å². The first-order valence-electron chi connectivity index (χ1n) is 5.64. The molecule has 106 valence electrons. The maximum atomic E-state index is 13.5. The van der Waals surface area contributed by atoms with Gasteiger partial charge in [-0.25, -0.2) is 4.39 Å². The first-order valence-corrected chi connectivity index (χ1v) is 5.64. The number of nitrogen functional groups attached to an aromatic ring is 1. The second-order valence-corrected chi connectivity index (χ2v) is 3.69. The predicted molar refractivity (Wildman–Crippen MR) is 67.5 cm³/mol. The normalized spacial score (nSPS) is 10.4. The molecule has 0 spiro atoms. The van der Waals surface area contributed by atoms with Crippen LogP contribution in [0.1, 0.15) is 10.4 Å². The number of methoxy groups -OCH3 is 1. The van der Waals surface area contributed by atoms with Crippen molar-refractivity contribution in [3.8, 4) is 5.75 Å². The molecule has 6 nitrogen and oxygen atoms in total. The number of amides is 1. The number of carbonyl (C=O) groups is 1. The zero-order valence-corrected chi connectivity index (χ0v) is 10.6. The predicted octanol–water partition coefficient (Wildman–Crippen LogP) is 0.549. The second kappa shape index (κ2) is 7.55. The Balaban J connectivity index is 2.53. The molecule has 7 heteroatoms. The lowest BCUT2D eigenvalue weighted by atomic mass is 10.1. The Labute approximate surface area is 110 Å². The number of rotatable bonds is 8. The number of benzene rings is 1. The summed E-state index contributed by atoms with van der Waals surface area (Å²) in [6.45, 7) is 1.32. The van der Waals surface area contributed by atoms with E-state index in [0.717, 1.165) is 6.07 Å². The molecule has 0 saturated carbocycles. The molecular weight excluding hydrogens is 255 g/mol. The van der Waals surface area contributed by atoms with Crippen LogP contribution in [0.5, 0.6) is 5.75 Å². The minimum absolute atomic E-state index is 0.0197. The topological polar surface area (TPSA) is 96.8 Å². The highest BCUT2D eigenvalue weighted by atomic mass is 19.1. The molecule has 0 bridgehead atoms. The standard InChI is InChI=1S/C12H17FN2O4/c1-17-2-3-18-4-5-19-11-6-8(12(15)16)10(14)7-9(11)13/h6-7H,2-5,14H2,1H3,(H2,15,16). The number of hydrogen-bond acceptors (Lipinski definition) is 5. The molecule has 1 aromatic carbocycles. The fraction of sp³-hybridized carbons (Fsp3) is 0.417. The quantitative estimate of drug-likeness (QED) is 0.532. The Morgan fingerprint density at radius 1 is 1.26 bits per heavy atom. The zero-order chi connectivity index (χ0) is 14.3. The van der Waals surface area contributed by atoms with Gasteiger partial charge in [-0.1, -0.05) is 0 Å². The van der Waals surface area contributed by atoms with E-state index in [0.29, 0.717) is 13.2 Å². The fourth-order valence-corrected chi connectivity index (χ4v) is 1.35. The summed E-state index contributed by atoms with van der Waals surface area (Å²) < 4.78 is 28.6. The number of nitrogens with two attached hydrogens (primary N) is 2. The van der Waals surface area contributed by atoms with Gasteiger partial charge in [0.05, 0.1) is 25.4 Å². The Kier molecular flexibility index (Phi) is 6.04. The Hall–Kier alpha value is -1.86.